The third-order valence-electron chi connectivity index (χ3n) is 8.91. The summed E-state index contributed by atoms with van der Waals surface area (Å²) in [5.74, 6) is -14.0. The predicted molar refractivity (Wildman–Crippen MR) is 253 cm³/mol. The largest absolute Gasteiger partial charge is 2.00 e. The number of aromatic nitrogens is 6. The van der Waals surface area contributed by atoms with Crippen LogP contribution in [0.3, 0.4) is 0 Å². The SMILES string of the molecule is O.O.O=C(O)c1cc(C(=O)O)c(C(=O)O)cc1C(=O)O.O=C([O-])c1cc(C(=O)[O-])c(C(=O)O)cc1C(=O)O.[Fe+2].c1ccc(-c2ccccn2)nc1.c1ccc(-c2ccccn2)nc1.c1ccc(-c2ccccn2)nc1. The van der Waals surface area contributed by atoms with Gasteiger partial charge in [0.05, 0.1) is 79.5 Å². The second kappa shape index (κ2) is 31.0. The van der Waals surface area contributed by atoms with Gasteiger partial charge in [0.25, 0.3) is 0 Å². The maximum Gasteiger partial charge on any atom is 2.00 e. The second-order valence-electron chi connectivity index (χ2n) is 13.6. The molecule has 0 spiro atoms. The Labute approximate surface area is 432 Å². The second-order valence-corrected chi connectivity index (χ2v) is 13.6. The summed E-state index contributed by atoms with van der Waals surface area (Å²) in [4.78, 5) is 111. The van der Waals surface area contributed by atoms with E-state index in [1.54, 1.807) is 37.2 Å². The van der Waals surface area contributed by atoms with Crippen molar-refractivity contribution < 1.29 is 107 Å². The summed E-state index contributed by atoms with van der Waals surface area (Å²) in [6, 6.07) is 36.6. The zero-order chi connectivity index (χ0) is 52.7. The van der Waals surface area contributed by atoms with Crippen molar-refractivity contribution >= 4 is 47.8 Å². The topological polar surface area (TPSA) is 444 Å². The number of hydrogen-bond acceptors (Lipinski definition) is 16. The van der Waals surface area contributed by atoms with E-state index in [-0.39, 0.29) is 28.0 Å². The van der Waals surface area contributed by atoms with Crippen LogP contribution in [0.15, 0.2) is 171 Å². The van der Waals surface area contributed by atoms with Gasteiger partial charge in [-0.25, -0.2) is 28.8 Å². The van der Waals surface area contributed by atoms with Crippen LogP contribution in [-0.4, -0.2) is 119 Å². The molecule has 2 aromatic carbocycles. The molecule has 10 N–H and O–H groups in total. The van der Waals surface area contributed by atoms with E-state index in [0.717, 1.165) is 34.2 Å². The van der Waals surface area contributed by atoms with Crippen LogP contribution in [0.4, 0.5) is 0 Å². The van der Waals surface area contributed by atoms with Crippen molar-refractivity contribution in [1.29, 1.82) is 0 Å². The number of rotatable bonds is 11. The van der Waals surface area contributed by atoms with Gasteiger partial charge in [0.15, 0.2) is 0 Å². The van der Waals surface area contributed by atoms with Gasteiger partial charge in [0.2, 0.25) is 0 Å². The minimum atomic E-state index is -1.94. The Hall–Kier alpha value is -10.5. The number of carboxylic acid groups (broad SMARTS) is 8. The van der Waals surface area contributed by atoms with Gasteiger partial charge in [0, 0.05) is 48.3 Å². The molecule has 0 radical (unpaired) electrons. The van der Waals surface area contributed by atoms with E-state index in [1.165, 1.54) is 0 Å². The van der Waals surface area contributed by atoms with E-state index in [9.17, 15) is 48.6 Å². The molecule has 0 saturated heterocycles. The van der Waals surface area contributed by atoms with Gasteiger partial charge in [-0.1, -0.05) is 36.4 Å². The number of pyridine rings is 6. The van der Waals surface area contributed by atoms with Crippen LogP contribution in [0.2, 0.25) is 0 Å². The molecule has 384 valence electrons. The number of carboxylic acids is 8. The van der Waals surface area contributed by atoms with Gasteiger partial charge in [-0.2, -0.15) is 0 Å². The molecule has 75 heavy (non-hydrogen) atoms. The molecule has 0 atom stereocenters. The van der Waals surface area contributed by atoms with Crippen molar-refractivity contribution in [3.05, 3.63) is 215 Å². The molecule has 0 fully saturated rings. The summed E-state index contributed by atoms with van der Waals surface area (Å²) in [6.45, 7) is 0. The van der Waals surface area contributed by atoms with Crippen molar-refractivity contribution in [2.45, 2.75) is 0 Å². The Morgan fingerprint density at radius 1 is 0.280 bits per heavy atom. The summed E-state index contributed by atoms with van der Waals surface area (Å²) >= 11 is 0. The summed E-state index contributed by atoms with van der Waals surface area (Å²) in [5.41, 5.74) is -1.29. The molecule has 8 aromatic rings. The van der Waals surface area contributed by atoms with Crippen molar-refractivity contribution in [1.82, 2.24) is 29.9 Å². The number of benzene rings is 2. The van der Waals surface area contributed by atoms with Crippen molar-refractivity contribution in [2.75, 3.05) is 0 Å². The number of carbonyl (C=O) groups is 8. The van der Waals surface area contributed by atoms with Crippen LogP contribution in [0.25, 0.3) is 34.2 Å². The first-order valence-electron chi connectivity index (χ1n) is 20.1. The van der Waals surface area contributed by atoms with Gasteiger partial charge in [0.1, 0.15) is 0 Å². The summed E-state index contributed by atoms with van der Waals surface area (Å²) < 4.78 is 0. The normalized spacial score (nSPS) is 9.33. The number of aromatic carboxylic acids is 8. The standard InChI is InChI=1S/3C10H8N2.2C10H6O8.Fe.2H2O/c3*1-3-7-11-9(5-1)10-6-2-4-8-12-10;2*11-7(12)3-1-4(8(13)14)6(10(17)18)2-5(3)9(15)16;;;/h3*1-8H;2*1-2H,(H,11,12)(H,13,14)(H,15,16)(H,17,18);;2*1H2/q;;;;;+2;;/p-2. The van der Waals surface area contributed by atoms with E-state index in [2.05, 4.69) is 29.9 Å². The summed E-state index contributed by atoms with van der Waals surface area (Å²) in [5, 5.41) is 73.7. The molecule has 0 amide bonds. The molecule has 6 aromatic heterocycles. The number of carbonyl (C=O) groups excluding carboxylic acids is 2. The predicted octanol–water partition coefficient (Wildman–Crippen LogP) is 3.07. The van der Waals surface area contributed by atoms with Crippen LogP contribution in [0, 0.1) is 0 Å². The number of nitrogens with zero attached hydrogens (tertiary/aromatic N) is 6. The van der Waals surface area contributed by atoms with Gasteiger partial charge in [-0.15, -0.1) is 0 Å². The Balaban J connectivity index is 0.000000469. The van der Waals surface area contributed by atoms with Crippen LogP contribution < -0.4 is 10.2 Å². The summed E-state index contributed by atoms with van der Waals surface area (Å²) in [7, 11) is 0. The maximum absolute atomic E-state index is 10.8. The minimum Gasteiger partial charge on any atom is -0.545 e. The van der Waals surface area contributed by atoms with Crippen LogP contribution >= 0.6 is 0 Å². The molecule has 0 saturated carbocycles. The van der Waals surface area contributed by atoms with E-state index in [4.69, 9.17) is 30.6 Å². The quantitative estimate of drug-likeness (QED) is 0.101. The molecule has 0 aliphatic rings. The molecule has 24 nitrogen and oxygen atoms in total. The fourth-order valence-electron chi connectivity index (χ4n) is 5.68. The third-order valence-corrected chi connectivity index (χ3v) is 8.91. The Bertz CT molecular complexity index is 2610. The zero-order valence-corrected chi connectivity index (χ0v) is 39.1. The zero-order valence-electron chi connectivity index (χ0n) is 38.0. The van der Waals surface area contributed by atoms with Crippen molar-refractivity contribution in [3.63, 3.8) is 0 Å². The van der Waals surface area contributed by atoms with Crippen LogP contribution in [0.5, 0.6) is 0 Å². The molecule has 8 rings (SSSR count). The molecule has 0 aliphatic heterocycles. The molecular weight excluding hydrogens is 1030 g/mol. The van der Waals surface area contributed by atoms with Crippen LogP contribution in [0.1, 0.15) is 82.9 Å². The molecule has 6 heterocycles. The van der Waals surface area contributed by atoms with Gasteiger partial charge in [-0.05, 0) is 97.1 Å². The summed E-state index contributed by atoms with van der Waals surface area (Å²) in [6.07, 6.45) is 10.6. The van der Waals surface area contributed by atoms with Gasteiger partial charge >= 0.3 is 52.9 Å². The van der Waals surface area contributed by atoms with Crippen molar-refractivity contribution in [2.24, 2.45) is 0 Å². The first kappa shape index (κ1) is 62.6. The van der Waals surface area contributed by atoms with Gasteiger partial charge in [-0.3, -0.25) is 29.9 Å². The molecule has 25 heteroatoms. The molecule has 0 unspecified atom stereocenters. The van der Waals surface area contributed by atoms with Crippen molar-refractivity contribution in [3.8, 4) is 34.2 Å². The monoisotopic (exact) mass is 1070 g/mol. The Morgan fingerprint density at radius 2 is 0.427 bits per heavy atom. The first-order chi connectivity index (χ1) is 34.4. The molecular formula is C50H38FeN6O18. The fourth-order valence-corrected chi connectivity index (χ4v) is 5.68. The van der Waals surface area contributed by atoms with E-state index in [0.29, 0.717) is 24.3 Å². The average Bonchev–Trinajstić information content (AvgIpc) is 3.40. The van der Waals surface area contributed by atoms with Gasteiger partial charge < -0.3 is 61.4 Å². The number of hydrogen-bond donors (Lipinski definition) is 6. The van der Waals surface area contributed by atoms with Crippen LogP contribution in [-0.2, 0) is 17.1 Å². The molecule has 0 bridgehead atoms. The maximum atomic E-state index is 10.8. The third kappa shape index (κ3) is 18.7. The fraction of sp³-hybridized carbons (Fsp3) is 0. The Kier molecular flexibility index (Phi) is 25.9. The Morgan fingerprint density at radius 3 is 0.547 bits per heavy atom. The smallest absolute Gasteiger partial charge is 0.545 e. The van der Waals surface area contributed by atoms with E-state index < -0.39 is 92.3 Å². The minimum absolute atomic E-state index is 0. The van der Waals surface area contributed by atoms with E-state index >= 15 is 0 Å². The van der Waals surface area contributed by atoms with E-state index in [1.807, 2.05) is 109 Å². The average molecular weight is 1070 g/mol. The molecule has 0 aliphatic carbocycles. The first-order valence-corrected chi connectivity index (χ1v) is 20.1.